The van der Waals surface area contributed by atoms with Crippen molar-refractivity contribution in [1.29, 1.82) is 0 Å². The molecule has 240 valence electrons. The number of rotatable bonds is 11. The molecule has 0 aromatic rings. The van der Waals surface area contributed by atoms with Crippen molar-refractivity contribution < 1.29 is 69.0 Å². The summed E-state index contributed by atoms with van der Waals surface area (Å²) in [6.07, 6.45) is -4.42. The fraction of sp³-hybridized carbons (Fsp3) is 0.852. The first-order valence-corrected chi connectivity index (χ1v) is 15.9. The summed E-state index contributed by atoms with van der Waals surface area (Å²) in [7, 11) is -6.25. The van der Waals surface area contributed by atoms with Crippen LogP contribution in [0, 0.1) is 35.5 Å². The van der Waals surface area contributed by atoms with Gasteiger partial charge in [0.25, 0.3) is 0 Å². The van der Waals surface area contributed by atoms with E-state index in [1.807, 2.05) is 6.92 Å². The van der Waals surface area contributed by atoms with Crippen molar-refractivity contribution in [3.05, 3.63) is 0 Å². The van der Waals surface area contributed by atoms with Gasteiger partial charge in [0.1, 0.15) is 29.6 Å². The van der Waals surface area contributed by atoms with Gasteiger partial charge in [-0.1, -0.05) is 0 Å². The van der Waals surface area contributed by atoms with Gasteiger partial charge in [-0.2, -0.15) is 8.78 Å². The predicted octanol–water partition coefficient (Wildman–Crippen LogP) is 1.78. The number of halogens is 3. The molecular weight excluding hydrogens is 605 g/mol. The molecule has 0 spiro atoms. The topological polar surface area (TPSA) is 172 Å². The largest absolute Gasteiger partial charge is 0.743 e. The second-order valence-corrected chi connectivity index (χ2v) is 14.3. The van der Waals surface area contributed by atoms with Crippen LogP contribution in [0.1, 0.15) is 58.3 Å². The Morgan fingerprint density at radius 1 is 1.02 bits per heavy atom. The molecule has 43 heavy (non-hydrogen) atoms. The molecule has 3 aliphatic heterocycles. The van der Waals surface area contributed by atoms with Crippen molar-refractivity contribution >= 4 is 34.0 Å². The number of fused-ring (bicyclic) bond motifs is 1. The molecule has 7 fully saturated rings. The number of esters is 4. The van der Waals surface area contributed by atoms with Gasteiger partial charge < -0.3 is 28.2 Å². The van der Waals surface area contributed by atoms with Crippen LogP contribution in [0.2, 0.25) is 0 Å². The summed E-state index contributed by atoms with van der Waals surface area (Å²) in [6.45, 7) is 1.01. The van der Waals surface area contributed by atoms with Gasteiger partial charge in [-0.05, 0) is 62.7 Å². The molecule has 7 rings (SSSR count). The summed E-state index contributed by atoms with van der Waals surface area (Å²) in [5, 5.41) is -5.19. The standard InChI is InChI=1S/C27H33F3O12S/c1-26(13-7-11-6-12(9-13)10-14(26)8-11)42-25(34)19-18-20-23(41-24(18)33)22(21(19)40-20)39-17(32)3-2-16(31)38-5-4-15(28)27(29,30)43(35,36)37/h11-15,18-23H,2-10H2,1H3,(H,35,36,37)/p-1. The molecule has 7 unspecified atom stereocenters. The molecule has 6 bridgehead atoms. The molecule has 16 heteroatoms. The van der Waals surface area contributed by atoms with E-state index in [1.54, 1.807) is 0 Å². The zero-order valence-corrected chi connectivity index (χ0v) is 24.0. The lowest BCUT2D eigenvalue weighted by Crippen LogP contribution is -2.59. The molecule has 7 atom stereocenters. The van der Waals surface area contributed by atoms with Crippen LogP contribution >= 0.6 is 0 Å². The lowest BCUT2D eigenvalue weighted by molar-refractivity contribution is -0.210. The highest BCUT2D eigenvalue weighted by Crippen LogP contribution is 2.60. The molecule has 3 heterocycles. The Bertz CT molecular complexity index is 1280. The molecule has 0 aromatic carbocycles. The quantitative estimate of drug-likeness (QED) is 0.183. The van der Waals surface area contributed by atoms with E-state index in [0.717, 1.165) is 25.7 Å². The first-order chi connectivity index (χ1) is 20.1. The van der Waals surface area contributed by atoms with Crippen LogP contribution in [0.15, 0.2) is 0 Å². The van der Waals surface area contributed by atoms with E-state index in [0.29, 0.717) is 11.8 Å². The van der Waals surface area contributed by atoms with Gasteiger partial charge in [-0.25, -0.2) is 12.8 Å². The molecular formula is C27H32F3O12S-. The Morgan fingerprint density at radius 2 is 1.63 bits per heavy atom. The van der Waals surface area contributed by atoms with Crippen LogP contribution in [0.5, 0.6) is 0 Å². The van der Waals surface area contributed by atoms with Crippen molar-refractivity contribution in [2.45, 2.75) is 99.7 Å². The smallest absolute Gasteiger partial charge is 0.364 e. The van der Waals surface area contributed by atoms with E-state index >= 15 is 0 Å². The lowest BCUT2D eigenvalue weighted by atomic mass is 9.50. The van der Waals surface area contributed by atoms with Gasteiger partial charge in [-0.3, -0.25) is 19.2 Å². The third kappa shape index (κ3) is 5.10. The maximum atomic E-state index is 13.6. The van der Waals surface area contributed by atoms with E-state index in [9.17, 15) is 45.3 Å². The Kier molecular flexibility index (Phi) is 7.51. The Labute approximate surface area is 245 Å². The monoisotopic (exact) mass is 637 g/mol. The number of carbonyl (C=O) groups excluding carboxylic acids is 4. The Balaban J connectivity index is 1.02. The minimum absolute atomic E-state index is 0.246. The molecule has 3 saturated heterocycles. The van der Waals surface area contributed by atoms with Crippen molar-refractivity contribution in [2.24, 2.45) is 35.5 Å². The van der Waals surface area contributed by atoms with Crippen molar-refractivity contribution in [2.75, 3.05) is 6.61 Å². The van der Waals surface area contributed by atoms with Crippen LogP contribution in [-0.2, 0) is 53.0 Å². The van der Waals surface area contributed by atoms with Crippen molar-refractivity contribution in [3.63, 3.8) is 0 Å². The first-order valence-electron chi connectivity index (χ1n) is 14.5. The number of hydrogen-bond acceptors (Lipinski definition) is 12. The molecule has 4 aliphatic carbocycles. The van der Waals surface area contributed by atoms with E-state index < -0.39 is 113 Å². The number of carbonyl (C=O) groups is 4. The number of ether oxygens (including phenoxy) is 5. The van der Waals surface area contributed by atoms with Crippen LogP contribution in [-0.4, -0.2) is 84.9 Å². The minimum atomic E-state index is -6.25. The number of hydrogen-bond donors (Lipinski definition) is 0. The maximum Gasteiger partial charge on any atom is 0.364 e. The number of alkyl halides is 3. The van der Waals surface area contributed by atoms with Gasteiger partial charge in [-0.15, -0.1) is 0 Å². The summed E-state index contributed by atoms with van der Waals surface area (Å²) >= 11 is 0. The molecule has 0 amide bonds. The summed E-state index contributed by atoms with van der Waals surface area (Å²) in [5.74, 6) is -3.36. The Hall–Kier alpha value is -2.46. The van der Waals surface area contributed by atoms with Crippen LogP contribution in [0.3, 0.4) is 0 Å². The zero-order valence-electron chi connectivity index (χ0n) is 23.2. The van der Waals surface area contributed by atoms with E-state index in [2.05, 4.69) is 4.74 Å². The van der Waals surface area contributed by atoms with Gasteiger partial charge in [0.05, 0.1) is 19.4 Å². The highest BCUT2D eigenvalue weighted by Gasteiger charge is 2.72. The van der Waals surface area contributed by atoms with Gasteiger partial charge in [0.15, 0.2) is 28.5 Å². The molecule has 0 N–H and O–H groups in total. The second kappa shape index (κ2) is 10.6. The van der Waals surface area contributed by atoms with Crippen molar-refractivity contribution in [3.8, 4) is 0 Å². The van der Waals surface area contributed by atoms with E-state index in [4.69, 9.17) is 18.9 Å². The third-order valence-electron chi connectivity index (χ3n) is 10.4. The second-order valence-electron chi connectivity index (χ2n) is 12.9. The average Bonchev–Trinajstić information content (AvgIpc) is 3.53. The fourth-order valence-electron chi connectivity index (χ4n) is 8.40. The normalized spacial score (nSPS) is 41.2. The molecule has 7 aliphatic rings. The Morgan fingerprint density at radius 3 is 2.23 bits per heavy atom. The third-order valence-corrected chi connectivity index (χ3v) is 11.3. The molecule has 4 saturated carbocycles. The minimum Gasteiger partial charge on any atom is -0.743 e. The first kappa shape index (κ1) is 30.6. The molecule has 12 nitrogen and oxygen atoms in total. The van der Waals surface area contributed by atoms with Gasteiger partial charge in [0.2, 0.25) is 0 Å². The summed E-state index contributed by atoms with van der Waals surface area (Å²) in [4.78, 5) is 50.8. The SMILES string of the molecule is CC1(OC(=O)C2C3OC4C(OC(=O)C42)C3OC(=O)CCC(=O)OCCC(F)C(F)(F)S(=O)(=O)[O-])C2CC3CC(C2)CC1C3. The van der Waals surface area contributed by atoms with Crippen LogP contribution < -0.4 is 0 Å². The van der Waals surface area contributed by atoms with Crippen molar-refractivity contribution in [1.82, 2.24) is 0 Å². The summed E-state index contributed by atoms with van der Waals surface area (Å²) < 4.78 is 98.8. The van der Waals surface area contributed by atoms with E-state index in [-0.39, 0.29) is 11.8 Å². The molecule has 0 radical (unpaired) electrons. The summed E-state index contributed by atoms with van der Waals surface area (Å²) in [6, 6.07) is 0. The van der Waals surface area contributed by atoms with Gasteiger partial charge in [0, 0.05) is 6.42 Å². The predicted molar refractivity (Wildman–Crippen MR) is 131 cm³/mol. The highest BCUT2D eigenvalue weighted by molar-refractivity contribution is 7.86. The lowest BCUT2D eigenvalue weighted by Gasteiger charge is -2.59. The molecule has 0 aromatic heterocycles. The van der Waals surface area contributed by atoms with E-state index in [1.165, 1.54) is 6.42 Å². The average molecular weight is 638 g/mol. The maximum absolute atomic E-state index is 13.6. The highest BCUT2D eigenvalue weighted by atomic mass is 32.2. The zero-order chi connectivity index (χ0) is 31.1. The van der Waals surface area contributed by atoms with Crippen LogP contribution in [0.4, 0.5) is 13.2 Å². The summed E-state index contributed by atoms with van der Waals surface area (Å²) in [5.41, 5.74) is -0.651. The van der Waals surface area contributed by atoms with Gasteiger partial charge >= 0.3 is 29.1 Å². The van der Waals surface area contributed by atoms with Crippen LogP contribution in [0.25, 0.3) is 0 Å². The fourth-order valence-corrected chi connectivity index (χ4v) is 8.83.